The highest BCUT2D eigenvalue weighted by molar-refractivity contribution is 5.95. The minimum atomic E-state index is -4.55. The second-order valence-corrected chi connectivity index (χ2v) is 8.32. The number of nitrogens with zero attached hydrogens (tertiary/aromatic N) is 2. The normalized spacial score (nSPS) is 16.3. The van der Waals surface area contributed by atoms with Crippen LogP contribution in [0.4, 0.5) is 24.5 Å². The molecule has 3 rings (SSSR count). The monoisotopic (exact) mass is 462 g/mol. The molecule has 1 atom stereocenters. The number of amides is 2. The molecule has 1 heterocycles. The lowest BCUT2D eigenvalue weighted by molar-refractivity contribution is -0.137. The summed E-state index contributed by atoms with van der Waals surface area (Å²) in [5.74, 6) is -0.598. The van der Waals surface area contributed by atoms with Crippen LogP contribution in [0.1, 0.15) is 23.6 Å². The number of benzene rings is 2. The standard InChI is InChI=1S/C24H29F3N4O2/c1-16-7-6-10-20(17(16)2)28-22(32)15-30-11-13-31(14-12-30)18(3)23(33)29-21-9-5-4-8-19(21)24(25,26)27/h4-10,18H,11-15H2,1-3H3,(H,28,32)(H,29,33). The van der Waals surface area contributed by atoms with E-state index < -0.39 is 23.7 Å². The van der Waals surface area contributed by atoms with E-state index in [1.807, 2.05) is 41.8 Å². The lowest BCUT2D eigenvalue weighted by atomic mass is 10.1. The highest BCUT2D eigenvalue weighted by atomic mass is 19.4. The quantitative estimate of drug-likeness (QED) is 0.684. The first-order valence-corrected chi connectivity index (χ1v) is 10.9. The van der Waals surface area contributed by atoms with Gasteiger partial charge in [0.1, 0.15) is 0 Å². The van der Waals surface area contributed by atoms with Gasteiger partial charge in [-0.3, -0.25) is 19.4 Å². The Labute approximate surface area is 191 Å². The van der Waals surface area contributed by atoms with E-state index in [4.69, 9.17) is 0 Å². The lowest BCUT2D eigenvalue weighted by Crippen LogP contribution is -2.53. The fourth-order valence-corrected chi connectivity index (χ4v) is 3.83. The van der Waals surface area contributed by atoms with E-state index in [0.717, 1.165) is 22.9 Å². The highest BCUT2D eigenvalue weighted by Gasteiger charge is 2.34. The van der Waals surface area contributed by atoms with Gasteiger partial charge in [0, 0.05) is 31.9 Å². The van der Waals surface area contributed by atoms with Gasteiger partial charge < -0.3 is 10.6 Å². The molecule has 178 valence electrons. The van der Waals surface area contributed by atoms with Crippen LogP contribution in [-0.4, -0.2) is 60.4 Å². The van der Waals surface area contributed by atoms with E-state index in [0.29, 0.717) is 26.2 Å². The molecule has 0 radical (unpaired) electrons. The van der Waals surface area contributed by atoms with Crippen molar-refractivity contribution in [2.75, 3.05) is 43.4 Å². The van der Waals surface area contributed by atoms with Gasteiger partial charge in [0.05, 0.1) is 23.8 Å². The van der Waals surface area contributed by atoms with Crippen molar-refractivity contribution in [2.45, 2.75) is 33.0 Å². The molecular formula is C24H29F3N4O2. The first kappa shape index (κ1) is 24.7. The molecule has 1 unspecified atom stereocenters. The lowest BCUT2D eigenvalue weighted by Gasteiger charge is -2.37. The molecule has 0 bridgehead atoms. The van der Waals surface area contributed by atoms with Crippen molar-refractivity contribution in [3.8, 4) is 0 Å². The molecule has 1 fully saturated rings. The maximum absolute atomic E-state index is 13.2. The SMILES string of the molecule is Cc1cccc(NC(=O)CN2CCN(C(C)C(=O)Nc3ccccc3C(F)(F)F)CC2)c1C. The van der Waals surface area contributed by atoms with Crippen molar-refractivity contribution in [3.63, 3.8) is 0 Å². The van der Waals surface area contributed by atoms with Crippen LogP contribution in [-0.2, 0) is 15.8 Å². The highest BCUT2D eigenvalue weighted by Crippen LogP contribution is 2.34. The smallest absolute Gasteiger partial charge is 0.325 e. The first-order chi connectivity index (χ1) is 15.6. The zero-order chi connectivity index (χ0) is 24.2. The summed E-state index contributed by atoms with van der Waals surface area (Å²) in [5.41, 5.74) is 1.81. The molecule has 0 aromatic heterocycles. The second kappa shape index (κ2) is 10.4. The number of carbonyl (C=O) groups excluding carboxylic acids is 2. The largest absolute Gasteiger partial charge is 0.418 e. The number of anilines is 2. The third-order valence-electron chi connectivity index (χ3n) is 6.07. The number of hydrogen-bond acceptors (Lipinski definition) is 4. The second-order valence-electron chi connectivity index (χ2n) is 8.32. The molecule has 6 nitrogen and oxygen atoms in total. The van der Waals surface area contributed by atoms with Gasteiger partial charge in [-0.2, -0.15) is 13.2 Å². The van der Waals surface area contributed by atoms with Crippen LogP contribution in [0.25, 0.3) is 0 Å². The van der Waals surface area contributed by atoms with E-state index >= 15 is 0 Å². The summed E-state index contributed by atoms with van der Waals surface area (Å²) < 4.78 is 39.5. The van der Waals surface area contributed by atoms with Crippen LogP contribution >= 0.6 is 0 Å². The Kier molecular flexibility index (Phi) is 7.76. The summed E-state index contributed by atoms with van der Waals surface area (Å²) in [6.07, 6.45) is -4.55. The fourth-order valence-electron chi connectivity index (χ4n) is 3.83. The van der Waals surface area contributed by atoms with Crippen molar-refractivity contribution in [1.82, 2.24) is 9.80 Å². The van der Waals surface area contributed by atoms with Crippen molar-refractivity contribution in [1.29, 1.82) is 0 Å². The number of para-hydroxylation sites is 1. The van der Waals surface area contributed by atoms with E-state index in [-0.39, 0.29) is 18.1 Å². The minimum Gasteiger partial charge on any atom is -0.325 e. The number of piperazine rings is 1. The van der Waals surface area contributed by atoms with Gasteiger partial charge in [0.25, 0.3) is 0 Å². The molecule has 0 saturated carbocycles. The Bertz CT molecular complexity index is 1000. The molecule has 2 N–H and O–H groups in total. The van der Waals surface area contributed by atoms with Gasteiger partial charge in [-0.05, 0) is 50.1 Å². The van der Waals surface area contributed by atoms with Gasteiger partial charge in [0.15, 0.2) is 0 Å². The number of halogens is 3. The molecule has 0 spiro atoms. The summed E-state index contributed by atoms with van der Waals surface area (Å²) in [7, 11) is 0. The fraction of sp³-hybridized carbons (Fsp3) is 0.417. The predicted octanol–water partition coefficient (Wildman–Crippen LogP) is 3.91. The molecule has 2 amide bonds. The van der Waals surface area contributed by atoms with Crippen molar-refractivity contribution in [2.24, 2.45) is 0 Å². The summed E-state index contributed by atoms with van der Waals surface area (Å²) >= 11 is 0. The van der Waals surface area contributed by atoms with Crippen LogP contribution in [0, 0.1) is 13.8 Å². The Morgan fingerprint density at radius 1 is 0.939 bits per heavy atom. The van der Waals surface area contributed by atoms with E-state index in [9.17, 15) is 22.8 Å². The summed E-state index contributed by atoms with van der Waals surface area (Å²) in [4.78, 5) is 29.0. The van der Waals surface area contributed by atoms with Crippen molar-refractivity contribution >= 4 is 23.2 Å². The minimum absolute atomic E-state index is 0.105. The third kappa shape index (κ3) is 6.33. The number of carbonyl (C=O) groups is 2. The Morgan fingerprint density at radius 2 is 1.58 bits per heavy atom. The van der Waals surface area contributed by atoms with Crippen LogP contribution in [0.2, 0.25) is 0 Å². The van der Waals surface area contributed by atoms with Gasteiger partial charge in [-0.1, -0.05) is 24.3 Å². The average Bonchev–Trinajstić information content (AvgIpc) is 2.76. The maximum atomic E-state index is 13.2. The van der Waals surface area contributed by atoms with Gasteiger partial charge in [-0.15, -0.1) is 0 Å². The topological polar surface area (TPSA) is 64.7 Å². The summed E-state index contributed by atoms with van der Waals surface area (Å²) in [6, 6.07) is 10.1. The summed E-state index contributed by atoms with van der Waals surface area (Å²) in [5, 5.41) is 5.36. The molecule has 1 aliphatic rings. The van der Waals surface area contributed by atoms with E-state index in [1.165, 1.54) is 18.2 Å². The first-order valence-electron chi connectivity index (χ1n) is 10.9. The maximum Gasteiger partial charge on any atom is 0.418 e. The zero-order valence-electron chi connectivity index (χ0n) is 19.0. The molecule has 2 aromatic carbocycles. The zero-order valence-corrected chi connectivity index (χ0v) is 19.0. The van der Waals surface area contributed by atoms with E-state index in [1.54, 1.807) is 6.92 Å². The number of nitrogens with one attached hydrogen (secondary N) is 2. The molecule has 0 aliphatic carbocycles. The van der Waals surface area contributed by atoms with E-state index in [2.05, 4.69) is 10.6 Å². The Hall–Kier alpha value is -2.91. The molecule has 1 saturated heterocycles. The molecule has 33 heavy (non-hydrogen) atoms. The van der Waals surface area contributed by atoms with Crippen LogP contribution < -0.4 is 10.6 Å². The summed E-state index contributed by atoms with van der Waals surface area (Å²) in [6.45, 7) is 8.09. The number of rotatable bonds is 6. The molecule has 2 aromatic rings. The van der Waals surface area contributed by atoms with Crippen LogP contribution in [0.15, 0.2) is 42.5 Å². The van der Waals surface area contributed by atoms with Crippen molar-refractivity contribution in [3.05, 3.63) is 59.2 Å². The number of hydrogen-bond donors (Lipinski definition) is 2. The van der Waals surface area contributed by atoms with Gasteiger partial charge in [0.2, 0.25) is 11.8 Å². The van der Waals surface area contributed by atoms with Crippen LogP contribution in [0.5, 0.6) is 0 Å². The third-order valence-corrected chi connectivity index (χ3v) is 6.07. The molecule has 1 aliphatic heterocycles. The van der Waals surface area contributed by atoms with Gasteiger partial charge in [-0.25, -0.2) is 0 Å². The average molecular weight is 463 g/mol. The van der Waals surface area contributed by atoms with Gasteiger partial charge >= 0.3 is 6.18 Å². The van der Waals surface area contributed by atoms with Crippen molar-refractivity contribution < 1.29 is 22.8 Å². The predicted molar refractivity (Wildman–Crippen MR) is 122 cm³/mol. The Morgan fingerprint density at radius 3 is 2.24 bits per heavy atom. The molecule has 9 heteroatoms. The van der Waals surface area contributed by atoms with Crippen LogP contribution in [0.3, 0.4) is 0 Å². The number of aryl methyl sites for hydroxylation is 1. The number of alkyl halides is 3. The molecular weight excluding hydrogens is 433 g/mol. The Balaban J connectivity index is 1.51.